The number of nitrogens with zero attached hydrogens (tertiary/aromatic N) is 1. The molecule has 1 atom stereocenters. The predicted molar refractivity (Wildman–Crippen MR) is 123 cm³/mol. The zero-order valence-corrected chi connectivity index (χ0v) is 19.5. The van der Waals surface area contributed by atoms with Gasteiger partial charge >= 0.3 is 5.97 Å². The van der Waals surface area contributed by atoms with Crippen LogP contribution in [0.15, 0.2) is 24.3 Å². The zero-order chi connectivity index (χ0) is 23.7. The Balaban J connectivity index is 2.00. The summed E-state index contributed by atoms with van der Waals surface area (Å²) in [5, 5.41) is 5.37. The van der Waals surface area contributed by atoms with Crippen molar-refractivity contribution in [3.8, 4) is 11.5 Å². The largest absolute Gasteiger partial charge is 0.493 e. The van der Waals surface area contributed by atoms with E-state index in [1.165, 1.54) is 18.1 Å². The first-order chi connectivity index (χ1) is 15.2. The second-order valence-corrected chi connectivity index (χ2v) is 7.91. The molecule has 1 aromatic carbocycles. The van der Waals surface area contributed by atoms with E-state index in [4.69, 9.17) is 26.4 Å². The molecule has 32 heavy (non-hydrogen) atoms. The van der Waals surface area contributed by atoms with Gasteiger partial charge in [-0.15, -0.1) is 0 Å². The van der Waals surface area contributed by atoms with Crippen molar-refractivity contribution in [2.45, 2.75) is 26.3 Å². The number of rotatable bonds is 8. The van der Waals surface area contributed by atoms with Crippen LogP contribution >= 0.6 is 12.2 Å². The average molecular weight is 464 g/mol. The highest BCUT2D eigenvalue weighted by Gasteiger charge is 2.34. The molecule has 1 aromatic rings. The van der Waals surface area contributed by atoms with Crippen LogP contribution in [0.5, 0.6) is 11.5 Å². The van der Waals surface area contributed by atoms with Gasteiger partial charge in [0.25, 0.3) is 0 Å². The Morgan fingerprint density at radius 2 is 2.00 bits per heavy atom. The van der Waals surface area contributed by atoms with Crippen LogP contribution < -0.4 is 20.1 Å². The molecule has 1 heterocycles. The van der Waals surface area contributed by atoms with E-state index in [1.54, 1.807) is 31.4 Å². The molecule has 0 aromatic heterocycles. The van der Waals surface area contributed by atoms with Gasteiger partial charge in [-0.1, -0.05) is 19.9 Å². The standard InChI is InChI=1S/C22H29N3O6S/c1-14(2)13-31-20(27)12-16-21(28)23-9-10-25(16)22(32)24-19(26)8-6-15-5-7-17(29-3)18(11-15)30-4/h5-8,11,14,16H,9-10,12-13H2,1-4H3,(H,23,28)(H,24,26,32)/b8-6+. The summed E-state index contributed by atoms with van der Waals surface area (Å²) in [4.78, 5) is 38.4. The minimum absolute atomic E-state index is 0.0727. The normalized spacial score (nSPS) is 16.0. The van der Waals surface area contributed by atoms with Crippen LogP contribution in [0.2, 0.25) is 0 Å². The van der Waals surface area contributed by atoms with Crippen LogP contribution in [-0.2, 0) is 19.1 Å². The molecule has 2 N–H and O–H groups in total. The van der Waals surface area contributed by atoms with Crippen molar-refractivity contribution in [3.05, 3.63) is 29.8 Å². The van der Waals surface area contributed by atoms with E-state index >= 15 is 0 Å². The Bertz CT molecular complexity index is 886. The molecular formula is C22H29N3O6S. The minimum Gasteiger partial charge on any atom is -0.493 e. The summed E-state index contributed by atoms with van der Waals surface area (Å²) in [7, 11) is 3.07. The van der Waals surface area contributed by atoms with Crippen LogP contribution in [-0.4, -0.2) is 67.8 Å². The summed E-state index contributed by atoms with van der Waals surface area (Å²) in [5.41, 5.74) is 0.729. The lowest BCUT2D eigenvalue weighted by molar-refractivity contribution is -0.148. The van der Waals surface area contributed by atoms with Gasteiger partial charge in [-0.05, 0) is 41.9 Å². The van der Waals surface area contributed by atoms with E-state index in [1.807, 2.05) is 13.8 Å². The first-order valence-electron chi connectivity index (χ1n) is 10.2. The van der Waals surface area contributed by atoms with Crippen molar-refractivity contribution < 1.29 is 28.6 Å². The maximum atomic E-state index is 12.4. The molecule has 0 aliphatic carbocycles. The van der Waals surface area contributed by atoms with Crippen LogP contribution in [0, 0.1) is 5.92 Å². The third-order valence-corrected chi connectivity index (χ3v) is 4.93. The Morgan fingerprint density at radius 3 is 2.66 bits per heavy atom. The highest BCUT2D eigenvalue weighted by molar-refractivity contribution is 7.80. The average Bonchev–Trinajstić information content (AvgIpc) is 2.77. The van der Waals surface area contributed by atoms with Crippen LogP contribution in [0.1, 0.15) is 25.8 Å². The number of hydrogen-bond acceptors (Lipinski definition) is 7. The van der Waals surface area contributed by atoms with E-state index in [0.717, 1.165) is 5.56 Å². The van der Waals surface area contributed by atoms with Gasteiger partial charge in [0.2, 0.25) is 11.8 Å². The van der Waals surface area contributed by atoms with Crippen LogP contribution in [0.25, 0.3) is 6.08 Å². The number of carbonyl (C=O) groups excluding carboxylic acids is 3. The Morgan fingerprint density at radius 1 is 1.28 bits per heavy atom. The first-order valence-corrected chi connectivity index (χ1v) is 10.6. The number of thiocarbonyl (C=S) groups is 1. The molecule has 0 radical (unpaired) electrons. The molecule has 1 aliphatic rings. The molecule has 10 heteroatoms. The summed E-state index contributed by atoms with van der Waals surface area (Å²) >= 11 is 5.33. The summed E-state index contributed by atoms with van der Waals surface area (Å²) in [5.74, 6) is 0.0159. The molecule has 1 fully saturated rings. The second-order valence-electron chi connectivity index (χ2n) is 7.52. The quantitative estimate of drug-likeness (QED) is 0.340. The highest BCUT2D eigenvalue weighted by Crippen LogP contribution is 2.27. The van der Waals surface area contributed by atoms with Crippen molar-refractivity contribution in [1.29, 1.82) is 0 Å². The molecular weight excluding hydrogens is 434 g/mol. The smallest absolute Gasteiger partial charge is 0.308 e. The van der Waals surface area contributed by atoms with E-state index < -0.39 is 17.9 Å². The minimum atomic E-state index is -0.842. The molecule has 9 nitrogen and oxygen atoms in total. The lowest BCUT2D eigenvalue weighted by Crippen LogP contribution is -2.60. The van der Waals surface area contributed by atoms with Crippen LogP contribution in [0.4, 0.5) is 0 Å². The third kappa shape index (κ3) is 7.23. The molecule has 2 rings (SSSR count). The number of hydrogen-bond donors (Lipinski definition) is 2. The van der Waals surface area contributed by atoms with Gasteiger partial charge in [-0.3, -0.25) is 19.7 Å². The summed E-state index contributed by atoms with van der Waals surface area (Å²) in [6, 6.07) is 4.40. The van der Waals surface area contributed by atoms with E-state index in [9.17, 15) is 14.4 Å². The number of benzene rings is 1. The number of carbonyl (C=O) groups is 3. The first kappa shape index (κ1) is 25.1. The molecule has 0 spiro atoms. The molecule has 0 bridgehead atoms. The second kappa shape index (κ2) is 12.0. The van der Waals surface area contributed by atoms with Crippen molar-refractivity contribution in [1.82, 2.24) is 15.5 Å². The highest BCUT2D eigenvalue weighted by atomic mass is 32.1. The van der Waals surface area contributed by atoms with Gasteiger partial charge in [0, 0.05) is 19.2 Å². The lowest BCUT2D eigenvalue weighted by atomic mass is 10.1. The summed E-state index contributed by atoms with van der Waals surface area (Å²) < 4.78 is 15.6. The van der Waals surface area contributed by atoms with Gasteiger partial charge in [0.05, 0.1) is 27.2 Å². The fourth-order valence-electron chi connectivity index (χ4n) is 2.98. The number of ether oxygens (including phenoxy) is 3. The van der Waals surface area contributed by atoms with Crippen molar-refractivity contribution in [2.24, 2.45) is 5.92 Å². The Kier molecular flexibility index (Phi) is 9.45. The SMILES string of the molecule is COc1ccc(/C=C/C(=O)NC(=S)N2CCNC(=O)C2CC(=O)OCC(C)C)cc1OC. The van der Waals surface area contributed by atoms with Gasteiger partial charge in [-0.25, -0.2) is 0 Å². The molecule has 0 saturated carbocycles. The van der Waals surface area contributed by atoms with E-state index in [0.29, 0.717) is 24.6 Å². The van der Waals surface area contributed by atoms with Gasteiger partial charge in [-0.2, -0.15) is 0 Å². The fraction of sp³-hybridized carbons (Fsp3) is 0.455. The third-order valence-electron chi connectivity index (χ3n) is 4.59. The molecule has 1 aliphatic heterocycles. The number of piperazine rings is 1. The Labute approximate surface area is 193 Å². The number of esters is 1. The number of nitrogens with one attached hydrogen (secondary N) is 2. The topological polar surface area (TPSA) is 106 Å². The maximum absolute atomic E-state index is 12.4. The fourth-order valence-corrected chi connectivity index (χ4v) is 3.30. The summed E-state index contributed by atoms with van der Waals surface area (Å²) in [6.45, 7) is 4.84. The van der Waals surface area contributed by atoms with E-state index in [-0.39, 0.29) is 30.0 Å². The number of amides is 2. The van der Waals surface area contributed by atoms with Crippen molar-refractivity contribution >= 4 is 41.2 Å². The molecule has 1 saturated heterocycles. The van der Waals surface area contributed by atoms with Crippen molar-refractivity contribution in [3.63, 3.8) is 0 Å². The summed E-state index contributed by atoms with van der Waals surface area (Å²) in [6.07, 6.45) is 2.77. The lowest BCUT2D eigenvalue weighted by Gasteiger charge is -2.36. The molecule has 174 valence electrons. The van der Waals surface area contributed by atoms with Crippen molar-refractivity contribution in [2.75, 3.05) is 33.9 Å². The van der Waals surface area contributed by atoms with Gasteiger partial charge < -0.3 is 24.4 Å². The van der Waals surface area contributed by atoms with E-state index in [2.05, 4.69) is 10.6 Å². The van der Waals surface area contributed by atoms with Gasteiger partial charge in [0.15, 0.2) is 16.6 Å². The monoisotopic (exact) mass is 463 g/mol. The predicted octanol–water partition coefficient (Wildman–Crippen LogP) is 1.51. The maximum Gasteiger partial charge on any atom is 0.308 e. The molecule has 1 unspecified atom stereocenters. The zero-order valence-electron chi connectivity index (χ0n) is 18.7. The van der Waals surface area contributed by atoms with Crippen LogP contribution in [0.3, 0.4) is 0 Å². The van der Waals surface area contributed by atoms with Gasteiger partial charge in [0.1, 0.15) is 6.04 Å². The molecule has 2 amide bonds. The number of methoxy groups -OCH3 is 2. The Hall–Kier alpha value is -3.14.